The summed E-state index contributed by atoms with van der Waals surface area (Å²) in [4.78, 5) is 8.94. The lowest BCUT2D eigenvalue weighted by Gasteiger charge is -2.06. The van der Waals surface area contributed by atoms with Gasteiger partial charge in [-0.1, -0.05) is 0 Å². The summed E-state index contributed by atoms with van der Waals surface area (Å²) in [5.74, 6) is 0. The fourth-order valence-electron chi connectivity index (χ4n) is 2.37. The largest absolute Gasteiger partial charge is 0.386 e. The number of aryl methyl sites for hydroxylation is 1. The number of hydrogen-bond acceptors (Lipinski definition) is 7. The highest BCUT2D eigenvalue weighted by Gasteiger charge is 2.14. The molecule has 2 N–H and O–H groups in total. The predicted molar refractivity (Wildman–Crippen MR) is 91.9 cm³/mol. The van der Waals surface area contributed by atoms with Crippen molar-refractivity contribution < 1.29 is 0 Å². The molecule has 116 valence electrons. The third kappa shape index (κ3) is 2.47. The molecule has 0 amide bonds. The molecule has 0 aliphatic rings. The summed E-state index contributed by atoms with van der Waals surface area (Å²) in [5.41, 5.74) is 3.11. The van der Waals surface area contributed by atoms with Crippen LogP contribution in [0.2, 0.25) is 0 Å². The molecule has 0 aliphatic carbocycles. The number of tetrazole rings is 1. The van der Waals surface area contributed by atoms with Crippen molar-refractivity contribution in [2.45, 2.75) is 10.1 Å². The number of hydrogen-bond donors (Lipinski definition) is 2. The van der Waals surface area contributed by atoms with Crippen LogP contribution in [0.4, 0.5) is 5.69 Å². The van der Waals surface area contributed by atoms with Crippen molar-refractivity contribution in [1.82, 2.24) is 30.2 Å². The molecule has 0 atom stereocenters. The Kier molecular flexibility index (Phi) is 3.50. The first-order valence-electron chi connectivity index (χ1n) is 6.90. The van der Waals surface area contributed by atoms with Gasteiger partial charge in [0.15, 0.2) is 0 Å². The maximum atomic E-state index is 4.38. The van der Waals surface area contributed by atoms with E-state index in [9.17, 15) is 0 Å². The van der Waals surface area contributed by atoms with Crippen molar-refractivity contribution in [3.05, 3.63) is 29.8 Å². The smallest absolute Gasteiger partial charge is 0.213 e. The fraction of sp³-hybridized carbons (Fsp3) is 0.143. The van der Waals surface area contributed by atoms with E-state index < -0.39 is 0 Å². The van der Waals surface area contributed by atoms with Gasteiger partial charge in [-0.3, -0.25) is 0 Å². The number of fused-ring (bicyclic) bond motifs is 1. The minimum Gasteiger partial charge on any atom is -0.386 e. The monoisotopic (exact) mass is 343 g/mol. The highest BCUT2D eigenvalue weighted by atomic mass is 32.2. The molecule has 0 spiro atoms. The number of benzene rings is 1. The average Bonchev–Trinajstić information content (AvgIpc) is 3.28. The lowest BCUT2D eigenvalue weighted by atomic mass is 10.2. The first kappa shape index (κ1) is 14.2. The van der Waals surface area contributed by atoms with Gasteiger partial charge in [0.2, 0.25) is 5.16 Å². The van der Waals surface area contributed by atoms with Crippen LogP contribution in [0.15, 0.2) is 39.8 Å². The van der Waals surface area contributed by atoms with Crippen molar-refractivity contribution in [3.63, 3.8) is 0 Å². The second kappa shape index (κ2) is 5.67. The van der Waals surface area contributed by atoms with Gasteiger partial charge in [-0.2, -0.15) is 0 Å². The lowest BCUT2D eigenvalue weighted by molar-refractivity contribution is 0.665. The predicted octanol–water partition coefficient (Wildman–Crippen LogP) is 3.01. The van der Waals surface area contributed by atoms with E-state index in [1.54, 1.807) is 27.8 Å². The zero-order valence-corrected chi connectivity index (χ0v) is 14.1. The van der Waals surface area contributed by atoms with Crippen LogP contribution in [0.5, 0.6) is 0 Å². The van der Waals surface area contributed by atoms with E-state index in [1.165, 1.54) is 0 Å². The number of nitrogens with one attached hydrogen (secondary N) is 2. The van der Waals surface area contributed by atoms with Gasteiger partial charge in [0.05, 0.1) is 16.9 Å². The van der Waals surface area contributed by atoms with E-state index in [0.717, 1.165) is 37.3 Å². The maximum Gasteiger partial charge on any atom is 0.213 e. The Bertz CT molecular complexity index is 955. The molecule has 3 aromatic heterocycles. The molecule has 4 aromatic rings. The quantitative estimate of drug-likeness (QED) is 0.592. The molecular weight excluding hydrogens is 330 g/mol. The highest BCUT2D eigenvalue weighted by molar-refractivity contribution is 7.99. The first-order chi connectivity index (χ1) is 11.3. The molecule has 23 heavy (non-hydrogen) atoms. The molecule has 0 bridgehead atoms. The standard InChI is InChI=1S/C14H13N7S2/c1-15-9-3-4-11(23-14-18-19-20-21(14)2)8-7-10(17-12(8)9)13-16-5-6-22-13/h3-7,15,17H,1-2H3. The zero-order valence-electron chi connectivity index (χ0n) is 12.4. The third-order valence-corrected chi connectivity index (χ3v) is 5.38. The normalized spacial score (nSPS) is 11.2. The van der Waals surface area contributed by atoms with Gasteiger partial charge in [-0.05, 0) is 40.4 Å². The van der Waals surface area contributed by atoms with Gasteiger partial charge in [-0.15, -0.1) is 16.4 Å². The van der Waals surface area contributed by atoms with Gasteiger partial charge in [0.1, 0.15) is 5.01 Å². The third-order valence-electron chi connectivity index (χ3n) is 3.47. The van der Waals surface area contributed by atoms with Crippen molar-refractivity contribution >= 4 is 39.7 Å². The van der Waals surface area contributed by atoms with E-state index in [4.69, 9.17) is 0 Å². The number of aromatic nitrogens is 6. The van der Waals surface area contributed by atoms with Crippen molar-refractivity contribution in [3.8, 4) is 10.7 Å². The fourth-order valence-corrected chi connectivity index (χ4v) is 3.83. The van der Waals surface area contributed by atoms with Gasteiger partial charge >= 0.3 is 0 Å². The molecular formula is C14H13N7S2. The number of nitrogens with zero attached hydrogens (tertiary/aromatic N) is 5. The van der Waals surface area contributed by atoms with Crippen molar-refractivity contribution in [1.29, 1.82) is 0 Å². The molecule has 0 fully saturated rings. The molecule has 0 radical (unpaired) electrons. The molecule has 1 aromatic carbocycles. The Morgan fingerprint density at radius 2 is 2.26 bits per heavy atom. The second-order valence-electron chi connectivity index (χ2n) is 4.86. The van der Waals surface area contributed by atoms with Crippen LogP contribution >= 0.6 is 23.1 Å². The summed E-state index contributed by atoms with van der Waals surface area (Å²) < 4.78 is 1.66. The van der Waals surface area contributed by atoms with E-state index in [2.05, 4.69) is 49.0 Å². The molecule has 3 heterocycles. The van der Waals surface area contributed by atoms with Gasteiger partial charge in [-0.25, -0.2) is 9.67 Å². The van der Waals surface area contributed by atoms with Gasteiger partial charge < -0.3 is 10.3 Å². The Balaban J connectivity index is 1.86. The van der Waals surface area contributed by atoms with Crippen molar-refractivity contribution in [2.24, 2.45) is 7.05 Å². The van der Waals surface area contributed by atoms with Crippen LogP contribution in [0.1, 0.15) is 0 Å². The lowest BCUT2D eigenvalue weighted by Crippen LogP contribution is -1.93. The first-order valence-corrected chi connectivity index (χ1v) is 8.59. The molecule has 4 rings (SSSR count). The van der Waals surface area contributed by atoms with Crippen LogP contribution in [-0.2, 0) is 7.05 Å². The van der Waals surface area contributed by atoms with Crippen LogP contribution in [0.25, 0.3) is 21.6 Å². The van der Waals surface area contributed by atoms with Crippen LogP contribution < -0.4 is 5.32 Å². The van der Waals surface area contributed by atoms with Crippen molar-refractivity contribution in [2.75, 3.05) is 12.4 Å². The summed E-state index contributed by atoms with van der Waals surface area (Å²) in [5, 5.41) is 19.7. The van der Waals surface area contributed by atoms with Gasteiger partial charge in [0, 0.05) is 36.0 Å². The maximum absolute atomic E-state index is 4.38. The van der Waals surface area contributed by atoms with Crippen LogP contribution in [0.3, 0.4) is 0 Å². The average molecular weight is 343 g/mol. The topological polar surface area (TPSA) is 84.3 Å². The minimum absolute atomic E-state index is 0.750. The number of aromatic amines is 1. The minimum atomic E-state index is 0.750. The van der Waals surface area contributed by atoms with E-state index in [-0.39, 0.29) is 0 Å². The molecule has 0 saturated heterocycles. The Morgan fingerprint density at radius 1 is 1.35 bits per heavy atom. The Morgan fingerprint density at radius 3 is 2.96 bits per heavy atom. The van der Waals surface area contributed by atoms with Crippen LogP contribution in [0, 0.1) is 0 Å². The summed E-state index contributed by atoms with van der Waals surface area (Å²) in [6.07, 6.45) is 1.81. The SMILES string of the molecule is CNc1ccc(Sc2nnnn2C)c2cc(-c3nccs3)[nH]c12. The van der Waals surface area contributed by atoms with E-state index in [1.807, 2.05) is 25.7 Å². The van der Waals surface area contributed by atoms with Gasteiger partial charge in [0.25, 0.3) is 0 Å². The number of H-pyrrole nitrogens is 1. The highest BCUT2D eigenvalue weighted by Crippen LogP contribution is 2.38. The summed E-state index contributed by atoms with van der Waals surface area (Å²) in [6.45, 7) is 0. The molecule has 7 nitrogen and oxygen atoms in total. The number of anilines is 1. The Hall–Kier alpha value is -2.39. The summed E-state index contributed by atoms with van der Waals surface area (Å²) >= 11 is 3.15. The molecule has 0 unspecified atom stereocenters. The second-order valence-corrected chi connectivity index (χ2v) is 6.76. The van der Waals surface area contributed by atoms with E-state index >= 15 is 0 Å². The summed E-state index contributed by atoms with van der Waals surface area (Å²) in [6, 6.07) is 6.25. The molecule has 0 aliphatic heterocycles. The Labute approximate surface area is 140 Å². The summed E-state index contributed by atoms with van der Waals surface area (Å²) in [7, 11) is 3.75. The number of thiazole rings is 1. The molecule has 0 saturated carbocycles. The number of rotatable bonds is 4. The molecule has 9 heteroatoms. The zero-order chi connectivity index (χ0) is 15.8. The van der Waals surface area contributed by atoms with Crippen LogP contribution in [-0.4, -0.2) is 37.2 Å². The van der Waals surface area contributed by atoms with E-state index in [0.29, 0.717) is 0 Å².